The molecule has 0 aromatic carbocycles. The molecular weight excluding hydrogens is 230 g/mol. The fourth-order valence-corrected chi connectivity index (χ4v) is 2.12. The molecular formula is C12H19N5O. The van der Waals surface area contributed by atoms with Crippen LogP contribution in [0.2, 0.25) is 0 Å². The lowest BCUT2D eigenvalue weighted by Crippen LogP contribution is -2.56. The Morgan fingerprint density at radius 1 is 1.67 bits per heavy atom. The first-order valence-electron chi connectivity index (χ1n) is 6.29. The van der Waals surface area contributed by atoms with E-state index in [1.165, 1.54) is 6.33 Å². The van der Waals surface area contributed by atoms with Gasteiger partial charge in [-0.3, -0.25) is 4.90 Å². The summed E-state index contributed by atoms with van der Waals surface area (Å²) in [6.45, 7) is 7.03. The molecule has 1 atom stereocenters. The number of piperazine rings is 1. The van der Waals surface area contributed by atoms with Gasteiger partial charge in [-0.1, -0.05) is 0 Å². The van der Waals surface area contributed by atoms with E-state index in [9.17, 15) is 4.79 Å². The SMILES string of the molecule is CCN(C(=O)N1CCNCC1C)c1ccncn1. The van der Waals surface area contributed by atoms with Crippen molar-refractivity contribution in [3.63, 3.8) is 0 Å². The summed E-state index contributed by atoms with van der Waals surface area (Å²) in [5.74, 6) is 0.656. The molecule has 98 valence electrons. The van der Waals surface area contributed by atoms with E-state index in [1.807, 2.05) is 11.8 Å². The lowest BCUT2D eigenvalue weighted by Gasteiger charge is -2.37. The van der Waals surface area contributed by atoms with Crippen molar-refractivity contribution in [2.75, 3.05) is 31.1 Å². The van der Waals surface area contributed by atoms with Gasteiger partial charge in [0.25, 0.3) is 0 Å². The van der Waals surface area contributed by atoms with Gasteiger partial charge in [0.05, 0.1) is 0 Å². The van der Waals surface area contributed by atoms with Gasteiger partial charge in [0.2, 0.25) is 0 Å². The average molecular weight is 249 g/mol. The van der Waals surface area contributed by atoms with Crippen LogP contribution in [0.25, 0.3) is 0 Å². The highest BCUT2D eigenvalue weighted by atomic mass is 16.2. The molecule has 0 radical (unpaired) electrons. The highest BCUT2D eigenvalue weighted by molar-refractivity contribution is 5.91. The minimum atomic E-state index is 0.0187. The normalized spacial score (nSPS) is 19.7. The second kappa shape index (κ2) is 5.77. The molecule has 0 spiro atoms. The monoisotopic (exact) mass is 249 g/mol. The molecule has 1 fully saturated rings. The van der Waals surface area contributed by atoms with Gasteiger partial charge in [0, 0.05) is 38.4 Å². The first-order valence-corrected chi connectivity index (χ1v) is 6.29. The zero-order valence-electron chi connectivity index (χ0n) is 10.8. The summed E-state index contributed by atoms with van der Waals surface area (Å²) >= 11 is 0. The first kappa shape index (κ1) is 12.8. The summed E-state index contributed by atoms with van der Waals surface area (Å²) in [4.78, 5) is 24.1. The first-order chi connectivity index (χ1) is 8.74. The van der Waals surface area contributed by atoms with Gasteiger partial charge in [-0.2, -0.15) is 0 Å². The zero-order chi connectivity index (χ0) is 13.0. The van der Waals surface area contributed by atoms with Crippen molar-refractivity contribution in [3.05, 3.63) is 18.6 Å². The predicted molar refractivity (Wildman–Crippen MR) is 69.5 cm³/mol. The number of carbonyl (C=O) groups excluding carboxylic acids is 1. The quantitative estimate of drug-likeness (QED) is 0.839. The summed E-state index contributed by atoms with van der Waals surface area (Å²) in [6, 6.07) is 1.99. The van der Waals surface area contributed by atoms with Crippen LogP contribution in [0.5, 0.6) is 0 Å². The van der Waals surface area contributed by atoms with Gasteiger partial charge < -0.3 is 10.2 Å². The van der Waals surface area contributed by atoms with Crippen molar-refractivity contribution in [3.8, 4) is 0 Å². The summed E-state index contributed by atoms with van der Waals surface area (Å²) in [7, 11) is 0. The number of nitrogens with zero attached hydrogens (tertiary/aromatic N) is 4. The Labute approximate surface area is 107 Å². The van der Waals surface area contributed by atoms with E-state index in [2.05, 4.69) is 22.2 Å². The van der Waals surface area contributed by atoms with E-state index in [0.717, 1.165) is 19.6 Å². The summed E-state index contributed by atoms with van der Waals surface area (Å²) in [5.41, 5.74) is 0. The average Bonchev–Trinajstić information content (AvgIpc) is 2.41. The molecule has 0 aliphatic carbocycles. The van der Waals surface area contributed by atoms with Crippen molar-refractivity contribution < 1.29 is 4.79 Å². The van der Waals surface area contributed by atoms with Gasteiger partial charge in [-0.05, 0) is 19.9 Å². The minimum absolute atomic E-state index is 0.0187. The van der Waals surface area contributed by atoms with Crippen LogP contribution in [-0.4, -0.2) is 53.1 Å². The van der Waals surface area contributed by atoms with Gasteiger partial charge in [0.15, 0.2) is 0 Å². The zero-order valence-corrected chi connectivity index (χ0v) is 10.8. The molecule has 1 aliphatic heterocycles. The lowest BCUT2D eigenvalue weighted by atomic mass is 10.2. The lowest BCUT2D eigenvalue weighted by molar-refractivity contribution is 0.171. The van der Waals surface area contributed by atoms with Crippen LogP contribution in [-0.2, 0) is 0 Å². The fraction of sp³-hybridized carbons (Fsp3) is 0.583. The van der Waals surface area contributed by atoms with Crippen molar-refractivity contribution in [2.45, 2.75) is 19.9 Å². The standard InChI is InChI=1S/C12H19N5O/c1-3-16(11-4-5-14-9-15-11)12(18)17-7-6-13-8-10(17)2/h4-5,9-10,13H,3,6-8H2,1-2H3. The molecule has 1 saturated heterocycles. The number of amides is 2. The van der Waals surface area contributed by atoms with E-state index in [0.29, 0.717) is 12.4 Å². The molecule has 1 aliphatic rings. The van der Waals surface area contributed by atoms with Gasteiger partial charge in [-0.15, -0.1) is 0 Å². The van der Waals surface area contributed by atoms with Gasteiger partial charge in [0.1, 0.15) is 12.1 Å². The maximum atomic E-state index is 12.5. The van der Waals surface area contributed by atoms with Crippen LogP contribution in [0.1, 0.15) is 13.8 Å². The second-order valence-electron chi connectivity index (χ2n) is 4.34. The molecule has 1 aromatic rings. The maximum Gasteiger partial charge on any atom is 0.325 e. The Hall–Kier alpha value is -1.69. The van der Waals surface area contributed by atoms with E-state index in [-0.39, 0.29) is 12.1 Å². The Bertz CT molecular complexity index is 397. The molecule has 1 N–H and O–H groups in total. The molecule has 0 saturated carbocycles. The Morgan fingerprint density at radius 3 is 3.11 bits per heavy atom. The smallest absolute Gasteiger partial charge is 0.319 e. The molecule has 1 aromatic heterocycles. The van der Waals surface area contributed by atoms with Crippen LogP contribution in [0.15, 0.2) is 18.6 Å². The maximum absolute atomic E-state index is 12.5. The molecule has 6 nitrogen and oxygen atoms in total. The van der Waals surface area contributed by atoms with Crippen LogP contribution in [0.4, 0.5) is 10.6 Å². The van der Waals surface area contributed by atoms with E-state index in [4.69, 9.17) is 0 Å². The van der Waals surface area contributed by atoms with Crippen molar-refractivity contribution in [1.82, 2.24) is 20.2 Å². The Kier molecular flexibility index (Phi) is 4.09. The van der Waals surface area contributed by atoms with E-state index in [1.54, 1.807) is 17.2 Å². The highest BCUT2D eigenvalue weighted by Gasteiger charge is 2.27. The van der Waals surface area contributed by atoms with Crippen LogP contribution in [0, 0.1) is 0 Å². The number of hydrogen-bond acceptors (Lipinski definition) is 4. The second-order valence-corrected chi connectivity index (χ2v) is 4.34. The number of nitrogens with one attached hydrogen (secondary N) is 1. The van der Waals surface area contributed by atoms with Crippen molar-refractivity contribution in [2.24, 2.45) is 0 Å². The fourth-order valence-electron chi connectivity index (χ4n) is 2.12. The minimum Gasteiger partial charge on any atom is -0.319 e. The number of aromatic nitrogens is 2. The number of rotatable bonds is 2. The number of carbonyl (C=O) groups is 1. The number of urea groups is 1. The Balaban J connectivity index is 2.15. The summed E-state index contributed by atoms with van der Waals surface area (Å²) in [6.07, 6.45) is 3.12. The topological polar surface area (TPSA) is 61.4 Å². The van der Waals surface area contributed by atoms with Gasteiger partial charge >= 0.3 is 6.03 Å². The Morgan fingerprint density at radius 2 is 2.50 bits per heavy atom. The third-order valence-electron chi connectivity index (χ3n) is 3.14. The van der Waals surface area contributed by atoms with Crippen molar-refractivity contribution >= 4 is 11.8 Å². The predicted octanol–water partition coefficient (Wildman–Crippen LogP) is 0.717. The molecule has 0 bridgehead atoms. The van der Waals surface area contributed by atoms with E-state index < -0.39 is 0 Å². The third-order valence-corrected chi connectivity index (χ3v) is 3.14. The highest BCUT2D eigenvalue weighted by Crippen LogP contribution is 2.13. The summed E-state index contributed by atoms with van der Waals surface area (Å²) < 4.78 is 0. The van der Waals surface area contributed by atoms with Crippen LogP contribution >= 0.6 is 0 Å². The summed E-state index contributed by atoms with van der Waals surface area (Å²) in [5, 5.41) is 3.28. The van der Waals surface area contributed by atoms with Crippen molar-refractivity contribution in [1.29, 1.82) is 0 Å². The number of hydrogen-bond donors (Lipinski definition) is 1. The third kappa shape index (κ3) is 2.59. The number of anilines is 1. The van der Waals surface area contributed by atoms with Gasteiger partial charge in [-0.25, -0.2) is 14.8 Å². The molecule has 18 heavy (non-hydrogen) atoms. The molecule has 2 heterocycles. The largest absolute Gasteiger partial charge is 0.325 e. The van der Waals surface area contributed by atoms with Crippen LogP contribution in [0.3, 0.4) is 0 Å². The molecule has 6 heteroatoms. The van der Waals surface area contributed by atoms with Crippen LogP contribution < -0.4 is 10.2 Å². The molecule has 2 rings (SSSR count). The van der Waals surface area contributed by atoms with E-state index >= 15 is 0 Å². The molecule has 2 amide bonds. The molecule has 1 unspecified atom stereocenters.